The van der Waals surface area contributed by atoms with Gasteiger partial charge in [-0.25, -0.2) is 4.79 Å². The maximum atomic E-state index is 11.8. The van der Waals surface area contributed by atoms with E-state index in [4.69, 9.17) is 0 Å². The number of hydrogen-bond donors (Lipinski definition) is 2. The van der Waals surface area contributed by atoms with Crippen LogP contribution in [-0.4, -0.2) is 47.9 Å². The first kappa shape index (κ1) is 16.0. The molecular weight excluding hydrogens is 278 g/mol. The standard InChI is InChI=1S/C16H23N5O/c1-20(2)11-7-10-17-16(22)18-15-12-14(21(3)19-15)13-8-5-4-6-9-13/h4-6,8-9,12H,7,10-11H2,1-3H3,(H2,17,18,19,22). The summed E-state index contributed by atoms with van der Waals surface area (Å²) >= 11 is 0. The first-order valence-electron chi connectivity index (χ1n) is 7.35. The van der Waals surface area contributed by atoms with Gasteiger partial charge in [-0.2, -0.15) is 5.10 Å². The lowest BCUT2D eigenvalue weighted by molar-refractivity contribution is 0.251. The molecule has 0 fully saturated rings. The van der Waals surface area contributed by atoms with Gasteiger partial charge in [-0.3, -0.25) is 10.00 Å². The number of nitrogens with one attached hydrogen (secondary N) is 2. The molecule has 1 aromatic heterocycles. The van der Waals surface area contributed by atoms with E-state index >= 15 is 0 Å². The average molecular weight is 301 g/mol. The van der Waals surface area contributed by atoms with Crippen LogP contribution < -0.4 is 10.6 Å². The smallest absolute Gasteiger partial charge is 0.320 e. The third-order valence-electron chi connectivity index (χ3n) is 3.26. The number of aromatic nitrogens is 2. The van der Waals surface area contributed by atoms with Gasteiger partial charge in [-0.1, -0.05) is 30.3 Å². The fraction of sp³-hybridized carbons (Fsp3) is 0.375. The molecule has 2 N–H and O–H groups in total. The summed E-state index contributed by atoms with van der Waals surface area (Å²) in [6.07, 6.45) is 0.915. The lowest BCUT2D eigenvalue weighted by Gasteiger charge is -2.09. The number of anilines is 1. The molecule has 118 valence electrons. The molecule has 1 aromatic carbocycles. The Bertz CT molecular complexity index is 606. The van der Waals surface area contributed by atoms with Gasteiger partial charge in [0.25, 0.3) is 0 Å². The molecule has 0 unspecified atom stereocenters. The SMILES string of the molecule is CN(C)CCCNC(=O)Nc1cc(-c2ccccc2)n(C)n1. The zero-order chi connectivity index (χ0) is 15.9. The van der Waals surface area contributed by atoms with E-state index in [1.54, 1.807) is 4.68 Å². The Morgan fingerprint density at radius 3 is 2.68 bits per heavy atom. The zero-order valence-electron chi connectivity index (χ0n) is 13.3. The maximum absolute atomic E-state index is 11.8. The summed E-state index contributed by atoms with van der Waals surface area (Å²) in [5.41, 5.74) is 2.03. The minimum Gasteiger partial charge on any atom is -0.338 e. The molecule has 1 heterocycles. The second-order valence-electron chi connectivity index (χ2n) is 5.44. The third kappa shape index (κ3) is 4.60. The van der Waals surface area contributed by atoms with Crippen molar-refractivity contribution in [2.24, 2.45) is 7.05 Å². The summed E-state index contributed by atoms with van der Waals surface area (Å²) in [5, 5.41) is 9.91. The van der Waals surface area contributed by atoms with E-state index in [1.807, 2.05) is 57.5 Å². The Morgan fingerprint density at radius 1 is 1.27 bits per heavy atom. The van der Waals surface area contributed by atoms with Crippen molar-refractivity contribution in [2.45, 2.75) is 6.42 Å². The van der Waals surface area contributed by atoms with Gasteiger partial charge in [-0.05, 0) is 32.6 Å². The van der Waals surface area contributed by atoms with Gasteiger partial charge >= 0.3 is 6.03 Å². The average Bonchev–Trinajstić information content (AvgIpc) is 2.85. The van der Waals surface area contributed by atoms with Crippen molar-refractivity contribution >= 4 is 11.8 Å². The second kappa shape index (κ2) is 7.61. The van der Waals surface area contributed by atoms with Crippen LogP contribution in [0.4, 0.5) is 10.6 Å². The lowest BCUT2D eigenvalue weighted by atomic mass is 10.1. The number of carbonyl (C=O) groups is 1. The predicted octanol–water partition coefficient (Wildman–Crippen LogP) is 2.16. The topological polar surface area (TPSA) is 62.2 Å². The highest BCUT2D eigenvalue weighted by Gasteiger charge is 2.09. The minimum atomic E-state index is -0.225. The minimum absolute atomic E-state index is 0.225. The molecule has 2 amide bonds. The van der Waals surface area contributed by atoms with Gasteiger partial charge in [0.15, 0.2) is 5.82 Å². The fourth-order valence-electron chi connectivity index (χ4n) is 2.17. The van der Waals surface area contributed by atoms with Gasteiger partial charge < -0.3 is 10.2 Å². The molecule has 0 aliphatic heterocycles. The van der Waals surface area contributed by atoms with E-state index in [-0.39, 0.29) is 6.03 Å². The largest absolute Gasteiger partial charge is 0.338 e. The summed E-state index contributed by atoms with van der Waals surface area (Å²) in [7, 11) is 5.89. The van der Waals surface area contributed by atoms with E-state index in [0.717, 1.165) is 24.2 Å². The Kier molecular flexibility index (Phi) is 5.55. The van der Waals surface area contributed by atoms with Crippen molar-refractivity contribution in [3.63, 3.8) is 0 Å². The van der Waals surface area contributed by atoms with Gasteiger partial charge in [0, 0.05) is 19.7 Å². The number of aryl methyl sites for hydroxylation is 1. The predicted molar refractivity (Wildman–Crippen MR) is 88.8 cm³/mol. The van der Waals surface area contributed by atoms with Gasteiger partial charge in [-0.15, -0.1) is 0 Å². The first-order chi connectivity index (χ1) is 10.6. The number of rotatable bonds is 6. The van der Waals surface area contributed by atoms with Crippen LogP contribution in [0, 0.1) is 0 Å². The van der Waals surface area contributed by atoms with Crippen molar-refractivity contribution in [1.29, 1.82) is 0 Å². The molecule has 0 aliphatic carbocycles. The first-order valence-corrected chi connectivity index (χ1v) is 7.35. The molecule has 0 bridgehead atoms. The maximum Gasteiger partial charge on any atom is 0.320 e. The Balaban J connectivity index is 1.90. The van der Waals surface area contributed by atoms with Gasteiger partial charge in [0.2, 0.25) is 0 Å². The highest BCUT2D eigenvalue weighted by Crippen LogP contribution is 2.21. The number of nitrogens with zero attached hydrogens (tertiary/aromatic N) is 3. The monoisotopic (exact) mass is 301 g/mol. The molecule has 0 aliphatic rings. The summed E-state index contributed by atoms with van der Waals surface area (Å²) in [5.74, 6) is 0.548. The highest BCUT2D eigenvalue weighted by atomic mass is 16.2. The number of carbonyl (C=O) groups excluding carboxylic acids is 1. The zero-order valence-corrected chi connectivity index (χ0v) is 13.3. The summed E-state index contributed by atoms with van der Waals surface area (Å²) < 4.78 is 1.76. The second-order valence-corrected chi connectivity index (χ2v) is 5.44. The summed E-state index contributed by atoms with van der Waals surface area (Å²) in [6.45, 7) is 1.59. The van der Waals surface area contributed by atoms with Crippen LogP contribution in [0.3, 0.4) is 0 Å². The summed E-state index contributed by atoms with van der Waals surface area (Å²) in [6, 6.07) is 11.6. The van der Waals surface area contributed by atoms with Crippen molar-refractivity contribution in [1.82, 2.24) is 20.0 Å². The molecule has 0 saturated carbocycles. The quantitative estimate of drug-likeness (QED) is 0.804. The molecule has 0 atom stereocenters. The Hall–Kier alpha value is -2.34. The van der Waals surface area contributed by atoms with Crippen LogP contribution in [-0.2, 0) is 7.05 Å². The summed E-state index contributed by atoms with van der Waals surface area (Å²) in [4.78, 5) is 13.9. The molecule has 6 nitrogen and oxygen atoms in total. The Morgan fingerprint density at radius 2 is 2.00 bits per heavy atom. The number of hydrogen-bond acceptors (Lipinski definition) is 3. The molecule has 2 rings (SSSR count). The van der Waals surface area contributed by atoms with E-state index in [1.165, 1.54) is 0 Å². The van der Waals surface area contributed by atoms with Crippen molar-refractivity contribution in [3.8, 4) is 11.3 Å². The van der Waals surface area contributed by atoms with Crippen LogP contribution in [0.5, 0.6) is 0 Å². The third-order valence-corrected chi connectivity index (χ3v) is 3.26. The van der Waals surface area contributed by atoms with Crippen LogP contribution in [0.1, 0.15) is 6.42 Å². The molecular formula is C16H23N5O. The number of urea groups is 1. The van der Waals surface area contributed by atoms with Crippen LogP contribution in [0.25, 0.3) is 11.3 Å². The Labute approximate surface area is 131 Å². The van der Waals surface area contributed by atoms with E-state index in [2.05, 4.69) is 20.6 Å². The van der Waals surface area contributed by atoms with Crippen molar-refractivity contribution in [3.05, 3.63) is 36.4 Å². The normalized spacial score (nSPS) is 10.7. The molecule has 0 radical (unpaired) electrons. The van der Waals surface area contributed by atoms with Gasteiger partial charge in [0.05, 0.1) is 5.69 Å². The van der Waals surface area contributed by atoms with Crippen molar-refractivity contribution in [2.75, 3.05) is 32.5 Å². The van der Waals surface area contributed by atoms with Crippen LogP contribution >= 0.6 is 0 Å². The molecule has 22 heavy (non-hydrogen) atoms. The molecule has 0 spiro atoms. The lowest BCUT2D eigenvalue weighted by Crippen LogP contribution is -2.31. The van der Waals surface area contributed by atoms with Gasteiger partial charge in [0.1, 0.15) is 0 Å². The number of benzene rings is 1. The molecule has 6 heteroatoms. The molecule has 2 aromatic rings. The van der Waals surface area contributed by atoms with Crippen LogP contribution in [0.2, 0.25) is 0 Å². The molecule has 0 saturated heterocycles. The highest BCUT2D eigenvalue weighted by molar-refractivity contribution is 5.88. The number of amides is 2. The van der Waals surface area contributed by atoms with E-state index < -0.39 is 0 Å². The van der Waals surface area contributed by atoms with E-state index in [0.29, 0.717) is 12.4 Å². The fourth-order valence-corrected chi connectivity index (χ4v) is 2.17. The van der Waals surface area contributed by atoms with Crippen LogP contribution in [0.15, 0.2) is 36.4 Å². The van der Waals surface area contributed by atoms with E-state index in [9.17, 15) is 4.79 Å². The van der Waals surface area contributed by atoms with Crippen molar-refractivity contribution < 1.29 is 4.79 Å².